The minimum Gasteiger partial charge on any atom is -0.303 e. The van der Waals surface area contributed by atoms with E-state index >= 15 is 0 Å². The number of phosphoric acid groups is 1. The van der Waals surface area contributed by atoms with Gasteiger partial charge in [-0.25, -0.2) is 4.57 Å². The van der Waals surface area contributed by atoms with E-state index in [0.717, 1.165) is 29.5 Å². The van der Waals surface area contributed by atoms with E-state index in [9.17, 15) is 14.4 Å². The van der Waals surface area contributed by atoms with Gasteiger partial charge in [0.05, 0.1) is 6.10 Å². The predicted octanol–water partition coefficient (Wildman–Crippen LogP) is 5.06. The molecule has 2 aliphatic rings. The molecule has 0 bridgehead atoms. The number of allylic oxidation sites excluding steroid dienone is 3. The largest absolute Gasteiger partial charge is 0.469 e. The van der Waals surface area contributed by atoms with Crippen molar-refractivity contribution in [2.24, 2.45) is 11.3 Å². The zero-order valence-corrected chi connectivity index (χ0v) is 15.9. The molecule has 2 aliphatic carbocycles. The number of fused-ring (bicyclic) bond motifs is 1. The average Bonchev–Trinajstić information content (AvgIpc) is 3.20. The molecule has 4 nitrogen and oxygen atoms in total. The van der Waals surface area contributed by atoms with Crippen LogP contribution in [0, 0.1) is 11.3 Å². The molecule has 0 amide bonds. The molecule has 2 N–H and O–H groups in total. The lowest BCUT2D eigenvalue weighted by atomic mass is 9.66. The van der Waals surface area contributed by atoms with Crippen molar-refractivity contribution in [1.82, 2.24) is 0 Å². The zero-order chi connectivity index (χ0) is 19.1. The predicted molar refractivity (Wildman–Crippen MR) is 107 cm³/mol. The van der Waals surface area contributed by atoms with Crippen molar-refractivity contribution in [3.05, 3.63) is 84.4 Å². The maximum atomic E-state index is 11.5. The molecule has 0 spiro atoms. The van der Waals surface area contributed by atoms with Crippen LogP contribution < -0.4 is 0 Å². The van der Waals surface area contributed by atoms with Crippen LogP contribution in [-0.4, -0.2) is 15.9 Å². The first-order valence-electron chi connectivity index (χ1n) is 9.16. The Morgan fingerprint density at radius 1 is 1.07 bits per heavy atom. The highest BCUT2D eigenvalue weighted by atomic mass is 31.2. The van der Waals surface area contributed by atoms with Crippen LogP contribution in [-0.2, 0) is 9.09 Å². The van der Waals surface area contributed by atoms with Gasteiger partial charge in [-0.1, -0.05) is 73.3 Å². The van der Waals surface area contributed by atoms with Gasteiger partial charge in [-0.15, -0.1) is 0 Å². The molecule has 0 radical (unpaired) electrons. The van der Waals surface area contributed by atoms with Crippen LogP contribution in [0.25, 0.3) is 11.1 Å². The quantitative estimate of drug-likeness (QED) is 0.709. The molecule has 2 aromatic rings. The molecule has 0 aromatic heterocycles. The molecule has 0 aliphatic heterocycles. The fourth-order valence-corrected chi connectivity index (χ4v) is 5.52. The van der Waals surface area contributed by atoms with Gasteiger partial charge in [-0.2, -0.15) is 0 Å². The van der Waals surface area contributed by atoms with E-state index in [4.69, 9.17) is 4.52 Å². The molecule has 3 atom stereocenters. The van der Waals surface area contributed by atoms with Gasteiger partial charge in [0.15, 0.2) is 0 Å². The SMILES string of the molecule is C=C(c1ccccc1)[C@@]12CC[C@H](OP(=O)(O)O)C1CC=C2c1ccccc1. The van der Waals surface area contributed by atoms with Crippen molar-refractivity contribution in [3.8, 4) is 0 Å². The van der Waals surface area contributed by atoms with E-state index in [0.29, 0.717) is 6.42 Å². The molecule has 0 heterocycles. The van der Waals surface area contributed by atoms with E-state index in [1.165, 1.54) is 5.57 Å². The fraction of sp³-hybridized carbons (Fsp3) is 0.273. The first kappa shape index (κ1) is 18.4. The Bertz CT molecular complexity index is 916. The topological polar surface area (TPSA) is 66.8 Å². The molecular formula is C22H23O4P. The maximum Gasteiger partial charge on any atom is 0.469 e. The van der Waals surface area contributed by atoms with Gasteiger partial charge >= 0.3 is 7.82 Å². The normalized spacial score (nSPS) is 27.3. The zero-order valence-electron chi connectivity index (χ0n) is 15.0. The van der Waals surface area contributed by atoms with Crippen molar-refractivity contribution >= 4 is 19.0 Å². The minimum atomic E-state index is -4.54. The van der Waals surface area contributed by atoms with E-state index < -0.39 is 13.9 Å². The average molecular weight is 382 g/mol. The van der Waals surface area contributed by atoms with Crippen LogP contribution in [0.2, 0.25) is 0 Å². The van der Waals surface area contributed by atoms with Crippen molar-refractivity contribution in [2.75, 3.05) is 0 Å². The summed E-state index contributed by atoms with van der Waals surface area (Å²) in [5, 5.41) is 0. The molecule has 140 valence electrons. The second-order valence-corrected chi connectivity index (χ2v) is 8.51. The molecule has 1 fully saturated rings. The maximum absolute atomic E-state index is 11.5. The van der Waals surface area contributed by atoms with Gasteiger partial charge in [0.1, 0.15) is 0 Å². The van der Waals surface area contributed by atoms with Crippen LogP contribution >= 0.6 is 7.82 Å². The lowest BCUT2D eigenvalue weighted by Gasteiger charge is -2.37. The number of rotatable bonds is 5. The lowest BCUT2D eigenvalue weighted by molar-refractivity contribution is 0.0975. The van der Waals surface area contributed by atoms with E-state index in [-0.39, 0.29) is 11.3 Å². The molecule has 5 heteroatoms. The van der Waals surface area contributed by atoms with Gasteiger partial charge in [0.2, 0.25) is 0 Å². The Morgan fingerprint density at radius 3 is 2.33 bits per heavy atom. The smallest absolute Gasteiger partial charge is 0.303 e. The molecule has 0 saturated heterocycles. The molecule has 27 heavy (non-hydrogen) atoms. The molecule has 1 unspecified atom stereocenters. The third-order valence-electron chi connectivity index (χ3n) is 5.98. The second-order valence-electron chi connectivity index (χ2n) is 7.32. The summed E-state index contributed by atoms with van der Waals surface area (Å²) in [6.07, 6.45) is 3.80. The third kappa shape index (κ3) is 3.24. The number of benzene rings is 2. The summed E-state index contributed by atoms with van der Waals surface area (Å²) in [6.45, 7) is 4.46. The molecule has 4 rings (SSSR count). The first-order chi connectivity index (χ1) is 12.9. The molecular weight excluding hydrogens is 359 g/mol. The summed E-state index contributed by atoms with van der Waals surface area (Å²) >= 11 is 0. The summed E-state index contributed by atoms with van der Waals surface area (Å²) in [7, 11) is -4.54. The summed E-state index contributed by atoms with van der Waals surface area (Å²) in [4.78, 5) is 18.7. The first-order valence-corrected chi connectivity index (χ1v) is 10.7. The Kier molecular flexibility index (Phi) is 4.69. The van der Waals surface area contributed by atoms with Crippen LogP contribution in [0.1, 0.15) is 30.4 Å². The monoisotopic (exact) mass is 382 g/mol. The number of hydrogen-bond donors (Lipinski definition) is 2. The third-order valence-corrected chi connectivity index (χ3v) is 6.53. The highest BCUT2D eigenvalue weighted by Crippen LogP contribution is 2.65. The van der Waals surface area contributed by atoms with Gasteiger partial charge in [-0.3, -0.25) is 4.52 Å². The van der Waals surface area contributed by atoms with Crippen molar-refractivity contribution < 1.29 is 18.9 Å². The summed E-state index contributed by atoms with van der Waals surface area (Å²) in [6, 6.07) is 20.3. The Morgan fingerprint density at radius 2 is 1.70 bits per heavy atom. The highest BCUT2D eigenvalue weighted by molar-refractivity contribution is 7.46. The van der Waals surface area contributed by atoms with Crippen molar-refractivity contribution in [1.29, 1.82) is 0 Å². The summed E-state index contributed by atoms with van der Waals surface area (Å²) < 4.78 is 16.7. The Labute approximate surface area is 159 Å². The fourth-order valence-electron chi connectivity index (χ4n) is 4.92. The molecule has 1 saturated carbocycles. The summed E-state index contributed by atoms with van der Waals surface area (Å²) in [5.41, 5.74) is 4.01. The summed E-state index contributed by atoms with van der Waals surface area (Å²) in [5.74, 6) is -0.0342. The van der Waals surface area contributed by atoms with Crippen LogP contribution in [0.5, 0.6) is 0 Å². The highest BCUT2D eigenvalue weighted by Gasteiger charge is 2.56. The number of phosphoric ester groups is 1. The van der Waals surface area contributed by atoms with Gasteiger partial charge in [0.25, 0.3) is 0 Å². The lowest BCUT2D eigenvalue weighted by Crippen LogP contribution is -2.30. The minimum absolute atomic E-state index is 0.0342. The van der Waals surface area contributed by atoms with E-state index in [1.54, 1.807) is 0 Å². The van der Waals surface area contributed by atoms with Gasteiger partial charge in [-0.05, 0) is 41.5 Å². The van der Waals surface area contributed by atoms with Crippen molar-refractivity contribution in [3.63, 3.8) is 0 Å². The van der Waals surface area contributed by atoms with E-state index in [1.807, 2.05) is 48.5 Å². The van der Waals surface area contributed by atoms with Crippen LogP contribution in [0.3, 0.4) is 0 Å². The molecule has 2 aromatic carbocycles. The number of hydrogen-bond acceptors (Lipinski definition) is 2. The van der Waals surface area contributed by atoms with E-state index in [2.05, 4.69) is 24.8 Å². The van der Waals surface area contributed by atoms with Gasteiger partial charge in [0, 0.05) is 11.3 Å². The van der Waals surface area contributed by atoms with Gasteiger partial charge < -0.3 is 9.79 Å². The second kappa shape index (κ2) is 6.88. The Hall–Kier alpha value is -1.97. The van der Waals surface area contributed by atoms with Crippen LogP contribution in [0.15, 0.2) is 73.3 Å². The van der Waals surface area contributed by atoms with Crippen molar-refractivity contribution in [2.45, 2.75) is 25.4 Å². The standard InChI is InChI=1S/C22H23O4P/c1-16(17-8-4-2-5-9-17)22-15-14-21(26-27(23,24)25)20(22)13-12-19(22)18-10-6-3-7-11-18/h2-12,20-21H,1,13-15H2,(H2,23,24,25)/t20?,21-,22+/m0/s1. The van der Waals surface area contributed by atoms with Crippen LogP contribution in [0.4, 0.5) is 0 Å². The Balaban J connectivity index is 1.79.